The Morgan fingerprint density at radius 3 is 2.50 bits per heavy atom. The van der Waals surface area contributed by atoms with E-state index in [1.54, 1.807) is 40.3 Å². The molecule has 0 radical (unpaired) electrons. The molecule has 8 nitrogen and oxygen atoms in total. The van der Waals surface area contributed by atoms with Crippen molar-refractivity contribution in [3.05, 3.63) is 101 Å². The fraction of sp³-hybridized carbons (Fsp3) is 0.310. The van der Waals surface area contributed by atoms with Gasteiger partial charge in [-0.25, -0.2) is 4.39 Å². The summed E-state index contributed by atoms with van der Waals surface area (Å²) in [5.74, 6) is -1.37. The number of aryl methyl sites for hydroxylation is 1. The number of halogens is 1. The highest BCUT2D eigenvalue weighted by molar-refractivity contribution is 5.99. The second kappa shape index (κ2) is 10.7. The van der Waals surface area contributed by atoms with Crippen LogP contribution in [-0.2, 0) is 16.1 Å². The molecule has 3 heterocycles. The van der Waals surface area contributed by atoms with Crippen LogP contribution in [0.3, 0.4) is 0 Å². The van der Waals surface area contributed by atoms with E-state index in [1.807, 2.05) is 31.2 Å². The first-order valence-electron chi connectivity index (χ1n) is 12.6. The number of piperidine rings is 1. The van der Waals surface area contributed by atoms with Crippen LogP contribution < -0.4 is 5.32 Å². The van der Waals surface area contributed by atoms with Crippen molar-refractivity contribution in [2.24, 2.45) is 0 Å². The van der Waals surface area contributed by atoms with Crippen molar-refractivity contribution in [3.8, 4) is 0 Å². The fourth-order valence-corrected chi connectivity index (χ4v) is 5.17. The minimum Gasteiger partial charge on any atom is -0.353 e. The number of nitrogens with zero attached hydrogens (tertiary/aromatic N) is 3. The van der Waals surface area contributed by atoms with Crippen molar-refractivity contribution in [3.63, 3.8) is 0 Å². The number of ether oxygens (including phenoxy) is 1. The zero-order valence-electron chi connectivity index (χ0n) is 21.1. The third-order valence-corrected chi connectivity index (χ3v) is 7.23. The van der Waals surface area contributed by atoms with Gasteiger partial charge in [0, 0.05) is 43.3 Å². The standard InChI is InChI=1S/C29H29FN4O4/c1-20-7-2-3-11-24(20)28(37)34-25(26(35)32-18-23-10-4-5-14-31-23)19-38-29(34)12-15-33(16-13-29)27(36)21-8-6-9-22(30)17-21/h2-11,14,17,25H,12-13,15-16,18-19H2,1H3,(H,32,35)/t25-/m0/s1. The van der Waals surface area contributed by atoms with Crippen molar-refractivity contribution >= 4 is 17.7 Å². The van der Waals surface area contributed by atoms with Gasteiger partial charge in [0.05, 0.1) is 18.8 Å². The van der Waals surface area contributed by atoms with E-state index in [1.165, 1.54) is 18.2 Å². The van der Waals surface area contributed by atoms with Crippen LogP contribution in [0.2, 0.25) is 0 Å². The molecule has 1 N–H and O–H groups in total. The van der Waals surface area contributed by atoms with Crippen LogP contribution >= 0.6 is 0 Å². The smallest absolute Gasteiger partial charge is 0.257 e. The van der Waals surface area contributed by atoms with E-state index in [4.69, 9.17) is 4.74 Å². The van der Waals surface area contributed by atoms with Crippen LogP contribution in [0.1, 0.15) is 44.8 Å². The molecule has 38 heavy (non-hydrogen) atoms. The number of hydrogen-bond donors (Lipinski definition) is 1. The third-order valence-electron chi connectivity index (χ3n) is 7.23. The third kappa shape index (κ3) is 5.02. The summed E-state index contributed by atoms with van der Waals surface area (Å²) in [5.41, 5.74) is 1.23. The van der Waals surface area contributed by atoms with Crippen molar-refractivity contribution in [1.29, 1.82) is 0 Å². The van der Waals surface area contributed by atoms with E-state index < -0.39 is 17.6 Å². The maximum Gasteiger partial charge on any atom is 0.257 e. The van der Waals surface area contributed by atoms with Crippen LogP contribution in [0.5, 0.6) is 0 Å². The number of carbonyl (C=O) groups excluding carboxylic acids is 3. The summed E-state index contributed by atoms with van der Waals surface area (Å²) in [6.07, 6.45) is 2.31. The molecule has 0 unspecified atom stereocenters. The number of pyridine rings is 1. The zero-order valence-corrected chi connectivity index (χ0v) is 21.1. The normalized spacial score (nSPS) is 18.4. The van der Waals surface area contributed by atoms with Gasteiger partial charge in [-0.15, -0.1) is 0 Å². The van der Waals surface area contributed by atoms with Crippen LogP contribution in [-0.4, -0.2) is 64.0 Å². The molecule has 9 heteroatoms. The van der Waals surface area contributed by atoms with Gasteiger partial charge in [-0.05, 0) is 48.9 Å². The molecule has 1 atom stereocenters. The van der Waals surface area contributed by atoms with Gasteiger partial charge in [0.1, 0.15) is 17.6 Å². The highest BCUT2D eigenvalue weighted by Crippen LogP contribution is 2.39. The molecule has 2 aliphatic rings. The molecule has 0 bridgehead atoms. The summed E-state index contributed by atoms with van der Waals surface area (Å²) < 4.78 is 19.9. The first kappa shape index (κ1) is 25.5. The summed E-state index contributed by atoms with van der Waals surface area (Å²) in [6, 6.07) is 17.5. The summed E-state index contributed by atoms with van der Waals surface area (Å²) in [7, 11) is 0. The Bertz CT molecular complexity index is 1340. The molecule has 2 fully saturated rings. The van der Waals surface area contributed by atoms with Gasteiger partial charge < -0.3 is 15.0 Å². The van der Waals surface area contributed by atoms with Crippen molar-refractivity contribution in [2.45, 2.75) is 38.1 Å². The molecule has 2 aliphatic heterocycles. The number of amides is 3. The molecule has 196 valence electrons. The van der Waals surface area contributed by atoms with Gasteiger partial charge in [0.15, 0.2) is 0 Å². The SMILES string of the molecule is Cc1ccccc1C(=O)N1[C@H](C(=O)NCc2ccccn2)COC12CCN(C(=O)c1cccc(F)c1)CC2. The Balaban J connectivity index is 1.37. The Hall–Kier alpha value is -4.11. The van der Waals surface area contributed by atoms with Crippen LogP contribution in [0.25, 0.3) is 0 Å². The van der Waals surface area contributed by atoms with Crippen LogP contribution in [0.15, 0.2) is 72.9 Å². The Labute approximate surface area is 220 Å². The summed E-state index contributed by atoms with van der Waals surface area (Å²) in [4.78, 5) is 47.7. The topological polar surface area (TPSA) is 91.8 Å². The highest BCUT2D eigenvalue weighted by atomic mass is 19.1. The second-order valence-corrected chi connectivity index (χ2v) is 9.60. The van der Waals surface area contributed by atoms with E-state index in [2.05, 4.69) is 10.3 Å². The number of aromatic nitrogens is 1. The van der Waals surface area contributed by atoms with Gasteiger partial charge in [-0.2, -0.15) is 0 Å². The van der Waals surface area contributed by atoms with E-state index in [0.29, 0.717) is 37.2 Å². The van der Waals surface area contributed by atoms with E-state index in [-0.39, 0.29) is 36.4 Å². The van der Waals surface area contributed by atoms with Crippen LogP contribution in [0, 0.1) is 12.7 Å². The molecule has 0 saturated carbocycles. The lowest BCUT2D eigenvalue weighted by atomic mass is 9.95. The van der Waals surface area contributed by atoms with Gasteiger partial charge in [-0.3, -0.25) is 24.3 Å². The minimum absolute atomic E-state index is 0.0452. The highest BCUT2D eigenvalue weighted by Gasteiger charge is 2.54. The van der Waals surface area contributed by atoms with Crippen LogP contribution in [0.4, 0.5) is 4.39 Å². The largest absolute Gasteiger partial charge is 0.353 e. The monoisotopic (exact) mass is 516 g/mol. The summed E-state index contributed by atoms with van der Waals surface area (Å²) >= 11 is 0. The molecule has 2 aromatic carbocycles. The summed E-state index contributed by atoms with van der Waals surface area (Å²) in [6.45, 7) is 2.73. The second-order valence-electron chi connectivity index (χ2n) is 9.60. The Kier molecular flexibility index (Phi) is 7.20. The number of likely N-dealkylation sites (tertiary alicyclic amines) is 1. The van der Waals surface area contributed by atoms with Gasteiger partial charge in [0.2, 0.25) is 5.91 Å². The number of hydrogen-bond acceptors (Lipinski definition) is 5. The quantitative estimate of drug-likeness (QED) is 0.562. The number of carbonyl (C=O) groups is 3. The molecular weight excluding hydrogens is 487 g/mol. The van der Waals surface area contributed by atoms with Crippen molar-refractivity contribution < 1.29 is 23.5 Å². The molecule has 3 amide bonds. The maximum atomic E-state index is 13.9. The molecule has 1 spiro atoms. The molecule has 5 rings (SSSR count). The average Bonchev–Trinajstić information content (AvgIpc) is 3.30. The van der Waals surface area contributed by atoms with Gasteiger partial charge in [0.25, 0.3) is 11.8 Å². The molecule has 3 aromatic rings. The lowest BCUT2D eigenvalue weighted by Gasteiger charge is -2.44. The van der Waals surface area contributed by atoms with E-state index in [9.17, 15) is 18.8 Å². The van der Waals surface area contributed by atoms with E-state index in [0.717, 1.165) is 5.56 Å². The predicted octanol–water partition coefficient (Wildman–Crippen LogP) is 3.32. The molecule has 1 aromatic heterocycles. The van der Waals surface area contributed by atoms with E-state index >= 15 is 0 Å². The molecule has 0 aliphatic carbocycles. The first-order valence-corrected chi connectivity index (χ1v) is 12.6. The Morgan fingerprint density at radius 1 is 1.03 bits per heavy atom. The summed E-state index contributed by atoms with van der Waals surface area (Å²) in [5, 5.41) is 2.89. The average molecular weight is 517 g/mol. The minimum atomic E-state index is -1.04. The maximum absolute atomic E-state index is 13.9. The van der Waals surface area contributed by atoms with Crippen molar-refractivity contribution in [1.82, 2.24) is 20.1 Å². The van der Waals surface area contributed by atoms with Gasteiger partial charge >= 0.3 is 0 Å². The number of rotatable bonds is 5. The van der Waals surface area contributed by atoms with Gasteiger partial charge in [-0.1, -0.05) is 30.3 Å². The fourth-order valence-electron chi connectivity index (χ4n) is 5.17. The molecule has 2 saturated heterocycles. The van der Waals surface area contributed by atoms with Crippen molar-refractivity contribution in [2.75, 3.05) is 19.7 Å². The lowest BCUT2D eigenvalue weighted by molar-refractivity contribution is -0.128. The zero-order chi connectivity index (χ0) is 26.7. The molecular formula is C29H29FN4O4. The lowest BCUT2D eigenvalue weighted by Crippen LogP contribution is -2.59. The first-order chi connectivity index (χ1) is 18.4. The Morgan fingerprint density at radius 2 is 1.79 bits per heavy atom. The number of nitrogens with one attached hydrogen (secondary N) is 1. The predicted molar refractivity (Wildman–Crippen MR) is 137 cm³/mol. The number of benzene rings is 2.